The summed E-state index contributed by atoms with van der Waals surface area (Å²) in [6.45, 7) is 8.84. The van der Waals surface area contributed by atoms with Crippen LogP contribution in [0.1, 0.15) is 79.0 Å². The van der Waals surface area contributed by atoms with Gasteiger partial charge in [-0.25, -0.2) is 4.99 Å². The highest BCUT2D eigenvalue weighted by Crippen LogP contribution is 2.42. The van der Waals surface area contributed by atoms with Gasteiger partial charge >= 0.3 is 0 Å². The molecule has 0 bridgehead atoms. The first-order valence-electron chi connectivity index (χ1n) is 14.0. The number of benzene rings is 4. The zero-order valence-corrected chi connectivity index (χ0v) is 24.1. The van der Waals surface area contributed by atoms with Crippen molar-refractivity contribution < 1.29 is 4.74 Å². The number of rotatable bonds is 7. The van der Waals surface area contributed by atoms with E-state index in [-0.39, 0.29) is 12.1 Å². The predicted octanol–water partition coefficient (Wildman–Crippen LogP) is 9.52. The van der Waals surface area contributed by atoms with Crippen LogP contribution in [0.2, 0.25) is 5.02 Å². The molecule has 0 saturated carbocycles. The van der Waals surface area contributed by atoms with Crippen LogP contribution in [0.25, 0.3) is 0 Å². The van der Waals surface area contributed by atoms with Gasteiger partial charge in [0.1, 0.15) is 12.1 Å². The molecule has 0 unspecified atom stereocenters. The van der Waals surface area contributed by atoms with Crippen LogP contribution < -0.4 is 5.32 Å². The van der Waals surface area contributed by atoms with Crippen LogP contribution >= 0.6 is 11.6 Å². The second-order valence-electron chi connectivity index (χ2n) is 11.2. The molecule has 4 aromatic rings. The van der Waals surface area contributed by atoms with Crippen molar-refractivity contribution in [1.29, 1.82) is 0 Å². The first-order valence-corrected chi connectivity index (χ1v) is 14.4. The van der Waals surface area contributed by atoms with Crippen LogP contribution in [0.5, 0.6) is 0 Å². The molecule has 1 heterocycles. The molecule has 202 valence electrons. The summed E-state index contributed by atoms with van der Waals surface area (Å²) in [6, 6.07) is 29.1. The van der Waals surface area contributed by atoms with Gasteiger partial charge in [0.15, 0.2) is 0 Å². The van der Waals surface area contributed by atoms with Gasteiger partial charge in [-0.15, -0.1) is 0 Å². The van der Waals surface area contributed by atoms with Gasteiger partial charge in [0.25, 0.3) is 0 Å². The lowest BCUT2D eigenvalue weighted by atomic mass is 9.93. The monoisotopic (exact) mass is 547 g/mol. The minimum Gasteiger partial charge on any atom is -0.471 e. The molecule has 6 rings (SSSR count). The van der Waals surface area contributed by atoms with Crippen LogP contribution in [0.3, 0.4) is 0 Å². The summed E-state index contributed by atoms with van der Waals surface area (Å²) in [7, 11) is 0. The quantitative estimate of drug-likeness (QED) is 0.234. The van der Waals surface area contributed by atoms with Gasteiger partial charge in [0, 0.05) is 28.9 Å². The normalized spacial score (nSPS) is 17.7. The highest BCUT2D eigenvalue weighted by Gasteiger charge is 2.39. The lowest BCUT2D eigenvalue weighted by Gasteiger charge is -2.17. The number of fused-ring (bicyclic) bond motifs is 3. The number of hydrogen-bond acceptors (Lipinski definition) is 4. The summed E-state index contributed by atoms with van der Waals surface area (Å²) >= 11 is 6.47. The van der Waals surface area contributed by atoms with Gasteiger partial charge in [-0.05, 0) is 64.4 Å². The van der Waals surface area contributed by atoms with Crippen molar-refractivity contribution in [3.63, 3.8) is 0 Å². The number of para-hydroxylation sites is 2. The molecule has 1 aliphatic heterocycles. The summed E-state index contributed by atoms with van der Waals surface area (Å²) in [4.78, 5) is 10.1. The standard InChI is InChI=1S/C35H34ClN3O/c1-21(2)26-13-9-14-27(22(3)4)33(26)37-20-24-18-25(36)16-17-30(24)38-31-15-8-7-12-29(31)35-39-34-28-11-6-5-10-23(28)19-32(34)40-35/h5-18,20-22,32,34,38H,19H2,1-4H3/t32-,34+/m1/s1. The summed E-state index contributed by atoms with van der Waals surface area (Å²) < 4.78 is 6.42. The Morgan fingerprint density at radius 3 is 2.38 bits per heavy atom. The molecule has 2 aliphatic rings. The zero-order chi connectivity index (χ0) is 27.8. The molecule has 0 radical (unpaired) electrons. The fourth-order valence-electron chi connectivity index (χ4n) is 5.70. The number of hydrogen-bond donors (Lipinski definition) is 1. The summed E-state index contributed by atoms with van der Waals surface area (Å²) in [5.74, 6) is 1.42. The molecule has 5 heteroatoms. The molecule has 0 amide bonds. The highest BCUT2D eigenvalue weighted by molar-refractivity contribution is 6.31. The van der Waals surface area contributed by atoms with Crippen molar-refractivity contribution >= 4 is 40.8 Å². The van der Waals surface area contributed by atoms with Gasteiger partial charge in [-0.3, -0.25) is 4.99 Å². The zero-order valence-electron chi connectivity index (χ0n) is 23.4. The van der Waals surface area contributed by atoms with E-state index < -0.39 is 0 Å². The fraction of sp³-hybridized carbons (Fsp3) is 0.257. The van der Waals surface area contributed by atoms with Crippen molar-refractivity contribution in [2.45, 2.75) is 58.1 Å². The maximum atomic E-state index is 6.47. The minimum atomic E-state index is 0.0497. The van der Waals surface area contributed by atoms with Gasteiger partial charge in [-0.2, -0.15) is 0 Å². The van der Waals surface area contributed by atoms with Gasteiger partial charge in [0.05, 0.1) is 16.9 Å². The number of ether oxygens (including phenoxy) is 1. The molecule has 40 heavy (non-hydrogen) atoms. The first kappa shape index (κ1) is 26.3. The molecular weight excluding hydrogens is 514 g/mol. The average molecular weight is 548 g/mol. The molecule has 1 aliphatic carbocycles. The van der Waals surface area contributed by atoms with E-state index in [0.717, 1.165) is 34.6 Å². The summed E-state index contributed by atoms with van der Waals surface area (Å²) in [5, 5.41) is 4.29. The molecular formula is C35H34ClN3O. The van der Waals surface area contributed by atoms with Crippen molar-refractivity contribution in [3.8, 4) is 0 Å². The fourth-order valence-corrected chi connectivity index (χ4v) is 5.88. The van der Waals surface area contributed by atoms with Crippen molar-refractivity contribution in [1.82, 2.24) is 0 Å². The van der Waals surface area contributed by atoms with Gasteiger partial charge < -0.3 is 10.1 Å². The molecule has 2 atom stereocenters. The Kier molecular flexibility index (Phi) is 7.20. The number of aliphatic imine (C=N–C) groups is 2. The first-order chi connectivity index (χ1) is 19.4. The molecule has 0 spiro atoms. The van der Waals surface area contributed by atoms with E-state index in [1.165, 1.54) is 22.3 Å². The maximum absolute atomic E-state index is 6.47. The van der Waals surface area contributed by atoms with E-state index in [1.54, 1.807) is 0 Å². The Labute approximate surface area is 241 Å². The largest absolute Gasteiger partial charge is 0.471 e. The molecule has 0 aromatic heterocycles. The molecule has 4 nitrogen and oxygen atoms in total. The van der Waals surface area contributed by atoms with Gasteiger partial charge in [0.2, 0.25) is 5.90 Å². The average Bonchev–Trinajstić information content (AvgIpc) is 3.51. The minimum absolute atomic E-state index is 0.0497. The summed E-state index contributed by atoms with van der Waals surface area (Å²) in [6.07, 6.45) is 2.86. The second kappa shape index (κ2) is 10.9. The third kappa shape index (κ3) is 5.04. The second-order valence-corrected chi connectivity index (χ2v) is 11.6. The number of nitrogens with one attached hydrogen (secondary N) is 1. The van der Waals surface area contributed by atoms with Crippen molar-refractivity contribution in [2.75, 3.05) is 5.32 Å². The third-order valence-corrected chi connectivity index (χ3v) is 8.02. The van der Waals surface area contributed by atoms with E-state index in [0.29, 0.717) is 22.8 Å². The Bertz CT molecular complexity index is 1590. The Balaban J connectivity index is 1.34. The number of nitrogens with zero attached hydrogens (tertiary/aromatic N) is 2. The van der Waals surface area contributed by atoms with E-state index >= 15 is 0 Å². The van der Waals surface area contributed by atoms with E-state index in [4.69, 9.17) is 26.3 Å². The Hall–Kier alpha value is -3.89. The lowest BCUT2D eigenvalue weighted by Crippen LogP contribution is -2.14. The highest BCUT2D eigenvalue weighted by atomic mass is 35.5. The predicted molar refractivity (Wildman–Crippen MR) is 167 cm³/mol. The van der Waals surface area contributed by atoms with Crippen molar-refractivity contribution in [3.05, 3.63) is 123 Å². The van der Waals surface area contributed by atoms with Crippen LogP contribution in [-0.2, 0) is 11.2 Å². The summed E-state index contributed by atoms with van der Waals surface area (Å²) in [5.41, 5.74) is 9.83. The lowest BCUT2D eigenvalue weighted by molar-refractivity contribution is 0.206. The SMILES string of the molecule is CC(C)c1cccc(C(C)C)c1N=Cc1cc(Cl)ccc1Nc1ccccc1C1=N[C@H]2c3ccccc3C[C@H]2O1. The van der Waals surface area contributed by atoms with Crippen LogP contribution in [0, 0.1) is 0 Å². The van der Waals surface area contributed by atoms with Crippen LogP contribution in [0.15, 0.2) is 94.9 Å². The van der Waals surface area contributed by atoms with Crippen LogP contribution in [0.4, 0.5) is 17.1 Å². The third-order valence-electron chi connectivity index (χ3n) is 7.78. The van der Waals surface area contributed by atoms with Crippen LogP contribution in [-0.4, -0.2) is 18.2 Å². The Morgan fingerprint density at radius 2 is 1.60 bits per heavy atom. The van der Waals surface area contributed by atoms with E-state index in [1.807, 2.05) is 36.5 Å². The number of anilines is 2. The number of halogens is 1. The van der Waals surface area contributed by atoms with E-state index in [9.17, 15) is 0 Å². The maximum Gasteiger partial charge on any atom is 0.219 e. The van der Waals surface area contributed by atoms with Crippen molar-refractivity contribution in [2.24, 2.45) is 9.98 Å². The smallest absolute Gasteiger partial charge is 0.219 e. The van der Waals surface area contributed by atoms with Gasteiger partial charge in [-0.1, -0.05) is 93.9 Å². The molecule has 0 fully saturated rings. The molecule has 1 N–H and O–H groups in total. The van der Waals surface area contributed by atoms with E-state index in [2.05, 4.69) is 87.6 Å². The Morgan fingerprint density at radius 1 is 0.875 bits per heavy atom. The molecule has 4 aromatic carbocycles. The topological polar surface area (TPSA) is 46.0 Å². The molecule has 0 saturated heterocycles.